The normalized spacial score (nSPS) is 16.9. The number of fused-ring (bicyclic) bond motifs is 1. The molecule has 0 saturated heterocycles. The predicted octanol–water partition coefficient (Wildman–Crippen LogP) is 0.152. The maximum absolute atomic E-state index is 12.4. The quantitative estimate of drug-likeness (QED) is 0.659. The molecule has 0 radical (unpaired) electrons. The first-order chi connectivity index (χ1) is 12.7. The zero-order valence-electron chi connectivity index (χ0n) is 15.2. The molecular formula is C17H23N3O6S. The molecule has 0 aliphatic carbocycles. The van der Waals surface area contributed by atoms with Gasteiger partial charge in [-0.05, 0) is 17.5 Å². The Bertz CT molecular complexity index is 824. The number of amides is 3. The molecule has 3 amide bonds. The van der Waals surface area contributed by atoms with Crippen LogP contribution in [-0.4, -0.2) is 56.1 Å². The second kappa shape index (κ2) is 8.96. The number of hydrogen-bond acceptors (Lipinski definition) is 6. The second-order valence-corrected chi connectivity index (χ2v) is 8.14. The monoisotopic (exact) mass is 397 g/mol. The van der Waals surface area contributed by atoms with Crippen LogP contribution in [0.5, 0.6) is 0 Å². The predicted molar refractivity (Wildman–Crippen MR) is 97.1 cm³/mol. The molecule has 10 heteroatoms. The lowest BCUT2D eigenvalue weighted by Gasteiger charge is -2.33. The Morgan fingerprint density at radius 2 is 1.89 bits per heavy atom. The molecule has 0 fully saturated rings. The van der Waals surface area contributed by atoms with Gasteiger partial charge in [0.25, 0.3) is 5.91 Å². The number of urea groups is 1. The fraction of sp³-hybridized carbons (Fsp3) is 0.471. The highest BCUT2D eigenvalue weighted by molar-refractivity contribution is 7.88. The van der Waals surface area contributed by atoms with Gasteiger partial charge in [0.15, 0.2) is 6.61 Å². The van der Waals surface area contributed by atoms with Gasteiger partial charge in [-0.2, -0.15) is 4.31 Å². The van der Waals surface area contributed by atoms with Gasteiger partial charge in [-0.3, -0.25) is 14.9 Å². The topological polar surface area (TPSA) is 122 Å². The fourth-order valence-corrected chi connectivity index (χ4v) is 3.72. The van der Waals surface area contributed by atoms with Crippen LogP contribution < -0.4 is 10.6 Å². The van der Waals surface area contributed by atoms with Gasteiger partial charge in [0.05, 0.1) is 6.26 Å². The second-order valence-electron chi connectivity index (χ2n) is 6.21. The third-order valence-electron chi connectivity index (χ3n) is 4.04. The smallest absolute Gasteiger partial charge is 0.325 e. The number of rotatable bonds is 6. The van der Waals surface area contributed by atoms with Gasteiger partial charge >= 0.3 is 12.0 Å². The maximum atomic E-state index is 12.4. The van der Waals surface area contributed by atoms with Crippen molar-refractivity contribution in [2.75, 3.05) is 19.4 Å². The molecule has 9 nitrogen and oxygen atoms in total. The number of imide groups is 1. The highest BCUT2D eigenvalue weighted by Crippen LogP contribution is 2.26. The van der Waals surface area contributed by atoms with Gasteiger partial charge in [0, 0.05) is 19.5 Å². The Labute approximate surface area is 158 Å². The lowest BCUT2D eigenvalue weighted by Crippen LogP contribution is -2.49. The molecule has 0 spiro atoms. The third-order valence-corrected chi connectivity index (χ3v) is 5.27. The number of nitrogens with zero attached hydrogens (tertiary/aromatic N) is 1. The molecule has 0 bridgehead atoms. The SMILES string of the molecule is CCCNC(=O)NC(=O)COC(=O)[C@@H]1Cc2ccccc2CN1S(C)(=O)=O. The van der Waals surface area contributed by atoms with Gasteiger partial charge < -0.3 is 10.1 Å². The number of esters is 1. The van der Waals surface area contributed by atoms with E-state index in [1.807, 2.05) is 18.3 Å². The standard InChI is InChI=1S/C17H23N3O6S/c1-3-8-18-17(23)19-15(21)11-26-16(22)14-9-12-6-4-5-7-13(12)10-20(14)27(2,24)25/h4-7,14H,3,8-11H2,1-2H3,(H2,18,19,21,23)/t14-/m0/s1. The highest BCUT2D eigenvalue weighted by atomic mass is 32.2. The van der Waals surface area contributed by atoms with Gasteiger partial charge in [-0.1, -0.05) is 31.2 Å². The number of carbonyl (C=O) groups is 3. The maximum Gasteiger partial charge on any atom is 0.325 e. The lowest BCUT2D eigenvalue weighted by molar-refractivity contribution is -0.152. The molecule has 0 aromatic heterocycles. The van der Waals surface area contributed by atoms with E-state index in [2.05, 4.69) is 5.32 Å². The Morgan fingerprint density at radius 1 is 1.22 bits per heavy atom. The van der Waals surface area contributed by atoms with Crippen molar-refractivity contribution in [2.24, 2.45) is 0 Å². The summed E-state index contributed by atoms with van der Waals surface area (Å²) in [5.74, 6) is -1.63. The zero-order chi connectivity index (χ0) is 20.0. The van der Waals surface area contributed by atoms with Crippen LogP contribution in [0, 0.1) is 0 Å². The van der Waals surface area contributed by atoms with Crippen molar-refractivity contribution in [1.82, 2.24) is 14.9 Å². The van der Waals surface area contributed by atoms with Gasteiger partial charge in [-0.15, -0.1) is 0 Å². The van der Waals surface area contributed by atoms with Crippen molar-refractivity contribution in [3.8, 4) is 0 Å². The van der Waals surface area contributed by atoms with E-state index in [9.17, 15) is 22.8 Å². The molecule has 1 atom stereocenters. The summed E-state index contributed by atoms with van der Waals surface area (Å²) in [4.78, 5) is 35.5. The van der Waals surface area contributed by atoms with Crippen molar-refractivity contribution in [1.29, 1.82) is 0 Å². The Morgan fingerprint density at radius 3 is 2.52 bits per heavy atom. The molecular weight excluding hydrogens is 374 g/mol. The van der Waals surface area contributed by atoms with Crippen LogP contribution in [0.2, 0.25) is 0 Å². The summed E-state index contributed by atoms with van der Waals surface area (Å²) in [5, 5.41) is 4.49. The number of nitrogens with one attached hydrogen (secondary N) is 2. The van der Waals surface area contributed by atoms with Crippen molar-refractivity contribution >= 4 is 27.9 Å². The molecule has 2 rings (SSSR count). The van der Waals surface area contributed by atoms with E-state index < -0.39 is 40.6 Å². The first kappa shape index (κ1) is 20.8. The summed E-state index contributed by atoms with van der Waals surface area (Å²) < 4.78 is 30.2. The van der Waals surface area contributed by atoms with Gasteiger partial charge in [0.1, 0.15) is 6.04 Å². The van der Waals surface area contributed by atoms with Crippen molar-refractivity contribution in [3.63, 3.8) is 0 Å². The molecule has 1 aromatic rings. The van der Waals surface area contributed by atoms with E-state index in [-0.39, 0.29) is 13.0 Å². The lowest BCUT2D eigenvalue weighted by atomic mass is 9.96. The van der Waals surface area contributed by atoms with Crippen molar-refractivity contribution < 1.29 is 27.5 Å². The van der Waals surface area contributed by atoms with E-state index in [1.54, 1.807) is 18.2 Å². The number of sulfonamides is 1. The van der Waals surface area contributed by atoms with Crippen LogP contribution in [0.4, 0.5) is 4.79 Å². The minimum atomic E-state index is -3.66. The fourth-order valence-electron chi connectivity index (χ4n) is 2.73. The number of ether oxygens (including phenoxy) is 1. The largest absolute Gasteiger partial charge is 0.454 e. The summed E-state index contributed by atoms with van der Waals surface area (Å²) in [7, 11) is -3.66. The first-order valence-corrected chi connectivity index (χ1v) is 10.3. The summed E-state index contributed by atoms with van der Waals surface area (Å²) in [6, 6.07) is 5.49. The summed E-state index contributed by atoms with van der Waals surface area (Å²) in [5.41, 5.74) is 1.67. The minimum absolute atomic E-state index is 0.0559. The average molecular weight is 397 g/mol. The Kier molecular flexibility index (Phi) is 6.92. The Balaban J connectivity index is 2.01. The first-order valence-electron chi connectivity index (χ1n) is 8.50. The molecule has 1 aliphatic heterocycles. The molecule has 2 N–H and O–H groups in total. The number of hydrogen-bond donors (Lipinski definition) is 2. The van der Waals surface area contributed by atoms with E-state index in [0.29, 0.717) is 13.0 Å². The van der Waals surface area contributed by atoms with Gasteiger partial charge in [0.2, 0.25) is 10.0 Å². The summed E-state index contributed by atoms with van der Waals surface area (Å²) in [6.07, 6.45) is 1.88. The molecule has 27 heavy (non-hydrogen) atoms. The minimum Gasteiger partial charge on any atom is -0.454 e. The van der Waals surface area contributed by atoms with E-state index in [0.717, 1.165) is 21.7 Å². The molecule has 0 saturated carbocycles. The molecule has 1 aromatic carbocycles. The van der Waals surface area contributed by atoms with Crippen LogP contribution in [0.3, 0.4) is 0 Å². The molecule has 1 heterocycles. The summed E-state index contributed by atoms with van der Waals surface area (Å²) >= 11 is 0. The van der Waals surface area contributed by atoms with E-state index in [4.69, 9.17) is 4.74 Å². The highest BCUT2D eigenvalue weighted by Gasteiger charge is 2.38. The van der Waals surface area contributed by atoms with Crippen LogP contribution in [0.1, 0.15) is 24.5 Å². The van der Waals surface area contributed by atoms with Gasteiger partial charge in [-0.25, -0.2) is 13.2 Å². The van der Waals surface area contributed by atoms with Crippen LogP contribution in [-0.2, 0) is 37.3 Å². The Hall–Kier alpha value is -2.46. The third kappa shape index (κ3) is 5.76. The van der Waals surface area contributed by atoms with Crippen LogP contribution in [0.25, 0.3) is 0 Å². The van der Waals surface area contributed by atoms with E-state index in [1.165, 1.54) is 0 Å². The van der Waals surface area contributed by atoms with Crippen LogP contribution >= 0.6 is 0 Å². The van der Waals surface area contributed by atoms with Crippen molar-refractivity contribution in [2.45, 2.75) is 32.4 Å². The van der Waals surface area contributed by atoms with Crippen molar-refractivity contribution in [3.05, 3.63) is 35.4 Å². The molecule has 0 unspecified atom stereocenters. The number of carbonyl (C=O) groups excluding carboxylic acids is 3. The average Bonchev–Trinajstić information content (AvgIpc) is 2.62. The molecule has 1 aliphatic rings. The summed E-state index contributed by atoms with van der Waals surface area (Å²) in [6.45, 7) is 1.65. The van der Waals surface area contributed by atoms with E-state index >= 15 is 0 Å². The zero-order valence-corrected chi connectivity index (χ0v) is 16.0. The number of benzene rings is 1. The van der Waals surface area contributed by atoms with Crippen LogP contribution in [0.15, 0.2) is 24.3 Å². The molecule has 148 valence electrons.